The molecular formula is C24H23F4N5O3S. The number of hydrogen-bond donors (Lipinski definition) is 2. The van der Waals surface area contributed by atoms with Crippen molar-refractivity contribution in [3.05, 3.63) is 53.1 Å². The van der Waals surface area contributed by atoms with Crippen LogP contribution >= 0.6 is 12.6 Å². The Morgan fingerprint density at radius 1 is 1.32 bits per heavy atom. The number of methoxy groups -OCH3 is 1. The van der Waals surface area contributed by atoms with Gasteiger partial charge < -0.3 is 15.0 Å². The van der Waals surface area contributed by atoms with E-state index in [1.165, 1.54) is 25.3 Å². The molecule has 1 atom stereocenters. The summed E-state index contributed by atoms with van der Waals surface area (Å²) in [5, 5.41) is 11.6. The van der Waals surface area contributed by atoms with Crippen molar-refractivity contribution in [1.29, 1.82) is 5.26 Å². The average molecular weight is 538 g/mol. The van der Waals surface area contributed by atoms with E-state index < -0.39 is 46.1 Å². The van der Waals surface area contributed by atoms with Crippen molar-refractivity contribution in [1.82, 2.24) is 10.3 Å². The first-order chi connectivity index (χ1) is 17.5. The van der Waals surface area contributed by atoms with Crippen molar-refractivity contribution < 1.29 is 31.9 Å². The highest BCUT2D eigenvalue weighted by Gasteiger charge is 2.60. The van der Waals surface area contributed by atoms with Gasteiger partial charge in [0, 0.05) is 25.9 Å². The van der Waals surface area contributed by atoms with Gasteiger partial charge in [0.1, 0.15) is 17.4 Å². The third kappa shape index (κ3) is 4.71. The van der Waals surface area contributed by atoms with Crippen LogP contribution in [0.2, 0.25) is 0 Å². The molecule has 2 aliphatic rings. The number of anilines is 2. The second kappa shape index (κ2) is 10.2. The summed E-state index contributed by atoms with van der Waals surface area (Å²) in [7, 11) is 1.53. The Labute approximate surface area is 215 Å². The van der Waals surface area contributed by atoms with Crippen LogP contribution in [-0.4, -0.2) is 48.1 Å². The molecule has 1 aromatic carbocycles. The lowest BCUT2D eigenvalue weighted by atomic mass is 9.75. The van der Waals surface area contributed by atoms with Crippen LogP contribution in [0.1, 0.15) is 47.3 Å². The highest BCUT2D eigenvalue weighted by molar-refractivity contribution is 7.81. The standard InChI is InChI=1S/C24H23F4N5O3S/c1-36-9-3-8-30-20(34)16-5-4-14(11-18(16)25)33-22(37)32(21(35)23(33)6-2-7-23)15-10-17(24(26,27)28)19(12-29)31-13-15/h4-5,10-11,13,22,37H,2-3,6-9H2,1H3,(H,30,34). The maximum absolute atomic E-state index is 15.0. The fourth-order valence-corrected chi connectivity index (χ4v) is 5.20. The molecule has 4 rings (SSSR count). The highest BCUT2D eigenvalue weighted by Crippen LogP contribution is 2.50. The Balaban J connectivity index is 1.67. The first kappa shape index (κ1) is 26.7. The number of thiol groups is 1. The number of benzene rings is 1. The SMILES string of the molecule is COCCCNC(=O)c1ccc(N2C(S)N(c3cnc(C#N)c(C(F)(F)F)c3)C(=O)C23CCC3)cc1F. The summed E-state index contributed by atoms with van der Waals surface area (Å²) in [5.41, 5.74) is -4.42. The van der Waals surface area contributed by atoms with Gasteiger partial charge >= 0.3 is 6.18 Å². The topological polar surface area (TPSA) is 98.6 Å². The van der Waals surface area contributed by atoms with Crippen molar-refractivity contribution >= 4 is 35.8 Å². The zero-order valence-electron chi connectivity index (χ0n) is 19.7. The van der Waals surface area contributed by atoms with Gasteiger partial charge in [-0.3, -0.25) is 14.5 Å². The molecule has 2 fully saturated rings. The van der Waals surface area contributed by atoms with E-state index in [9.17, 15) is 22.8 Å². The molecule has 1 spiro atoms. The van der Waals surface area contributed by atoms with Gasteiger partial charge in [-0.05, 0) is 49.9 Å². The molecule has 2 amide bonds. The Hall–Kier alpha value is -3.37. The van der Waals surface area contributed by atoms with Gasteiger partial charge in [0.25, 0.3) is 11.8 Å². The lowest BCUT2D eigenvalue weighted by Crippen LogP contribution is -2.55. The Bertz CT molecular complexity index is 1260. The molecule has 13 heteroatoms. The second-order valence-corrected chi connectivity index (χ2v) is 9.20. The number of nitrogens with one attached hydrogen (secondary N) is 1. The highest BCUT2D eigenvalue weighted by atomic mass is 32.1. The number of nitriles is 1. The number of aromatic nitrogens is 1. The first-order valence-corrected chi connectivity index (χ1v) is 11.9. The number of hydrogen-bond acceptors (Lipinski definition) is 7. The summed E-state index contributed by atoms with van der Waals surface area (Å²) in [6.45, 7) is 0.732. The molecule has 0 bridgehead atoms. The number of alkyl halides is 3. The van der Waals surface area contributed by atoms with E-state index in [4.69, 9.17) is 10.00 Å². The number of pyridine rings is 1. The summed E-state index contributed by atoms with van der Waals surface area (Å²) in [6.07, 6.45) is -1.84. The third-order valence-corrected chi connectivity index (χ3v) is 7.03. The van der Waals surface area contributed by atoms with Gasteiger partial charge in [-0.15, -0.1) is 12.6 Å². The zero-order valence-corrected chi connectivity index (χ0v) is 20.6. The van der Waals surface area contributed by atoms with Crippen LogP contribution in [-0.2, 0) is 15.7 Å². The molecule has 1 saturated heterocycles. The van der Waals surface area contributed by atoms with Crippen molar-refractivity contribution in [2.24, 2.45) is 0 Å². The molecule has 1 N–H and O–H groups in total. The summed E-state index contributed by atoms with van der Waals surface area (Å²) in [5.74, 6) is -1.93. The van der Waals surface area contributed by atoms with E-state index in [2.05, 4.69) is 22.9 Å². The number of nitrogens with zero attached hydrogens (tertiary/aromatic N) is 4. The normalized spacial score (nSPS) is 18.6. The van der Waals surface area contributed by atoms with E-state index >= 15 is 4.39 Å². The number of amides is 2. The number of ether oxygens (including phenoxy) is 1. The van der Waals surface area contributed by atoms with Gasteiger partial charge in [-0.1, -0.05) is 0 Å². The molecule has 2 aromatic rings. The van der Waals surface area contributed by atoms with Crippen molar-refractivity contribution in [2.75, 3.05) is 30.1 Å². The molecule has 1 aliphatic carbocycles. The van der Waals surface area contributed by atoms with Crippen LogP contribution in [0.15, 0.2) is 30.5 Å². The van der Waals surface area contributed by atoms with E-state index in [1.54, 1.807) is 4.90 Å². The summed E-state index contributed by atoms with van der Waals surface area (Å²) >= 11 is 4.53. The molecule has 1 aliphatic heterocycles. The Morgan fingerprint density at radius 2 is 2.05 bits per heavy atom. The predicted octanol–water partition coefficient (Wildman–Crippen LogP) is 3.87. The van der Waals surface area contributed by atoms with E-state index in [1.807, 2.05) is 0 Å². The monoisotopic (exact) mass is 537 g/mol. The maximum Gasteiger partial charge on any atom is 0.419 e. The van der Waals surface area contributed by atoms with Crippen molar-refractivity contribution in [2.45, 2.75) is 42.9 Å². The van der Waals surface area contributed by atoms with Gasteiger partial charge in [0.05, 0.1) is 23.0 Å². The first-order valence-electron chi connectivity index (χ1n) is 11.4. The number of rotatable bonds is 7. The van der Waals surface area contributed by atoms with Crippen LogP contribution < -0.4 is 15.1 Å². The molecule has 1 aromatic heterocycles. The van der Waals surface area contributed by atoms with Crippen molar-refractivity contribution in [3.8, 4) is 6.07 Å². The quantitative estimate of drug-likeness (QED) is 0.316. The second-order valence-electron chi connectivity index (χ2n) is 8.74. The fraction of sp³-hybridized carbons (Fsp3) is 0.417. The largest absolute Gasteiger partial charge is 0.419 e. The molecule has 196 valence electrons. The van der Waals surface area contributed by atoms with Crippen LogP contribution in [0.3, 0.4) is 0 Å². The van der Waals surface area contributed by atoms with Crippen LogP contribution in [0, 0.1) is 17.1 Å². The molecule has 1 unspecified atom stereocenters. The smallest absolute Gasteiger partial charge is 0.385 e. The lowest BCUT2D eigenvalue weighted by molar-refractivity contribution is -0.138. The van der Waals surface area contributed by atoms with Crippen molar-refractivity contribution in [3.63, 3.8) is 0 Å². The summed E-state index contributed by atoms with van der Waals surface area (Å²) in [6, 6.07) is 5.99. The van der Waals surface area contributed by atoms with Gasteiger partial charge in [0.15, 0.2) is 11.2 Å². The maximum atomic E-state index is 15.0. The molecule has 8 nitrogen and oxygen atoms in total. The lowest BCUT2D eigenvalue weighted by Gasteiger charge is -2.44. The van der Waals surface area contributed by atoms with Crippen LogP contribution in [0.4, 0.5) is 28.9 Å². The number of carbonyl (C=O) groups is 2. The van der Waals surface area contributed by atoms with Crippen LogP contribution in [0.25, 0.3) is 0 Å². The molecule has 0 radical (unpaired) electrons. The fourth-order valence-electron chi connectivity index (χ4n) is 4.61. The molecule has 1 saturated carbocycles. The van der Waals surface area contributed by atoms with Crippen LogP contribution in [0.5, 0.6) is 0 Å². The summed E-state index contributed by atoms with van der Waals surface area (Å²) in [4.78, 5) is 32.1. The molecular weight excluding hydrogens is 514 g/mol. The van der Waals surface area contributed by atoms with E-state index in [0.717, 1.165) is 17.2 Å². The zero-order chi connectivity index (χ0) is 27.0. The molecule has 37 heavy (non-hydrogen) atoms. The minimum absolute atomic E-state index is 0.183. The Kier molecular flexibility index (Phi) is 7.34. The van der Waals surface area contributed by atoms with Gasteiger partial charge in [-0.2, -0.15) is 18.4 Å². The van der Waals surface area contributed by atoms with Gasteiger partial charge in [-0.25, -0.2) is 9.37 Å². The average Bonchev–Trinajstić information content (AvgIpc) is 3.07. The Morgan fingerprint density at radius 3 is 2.62 bits per heavy atom. The number of halogens is 4. The minimum Gasteiger partial charge on any atom is -0.385 e. The minimum atomic E-state index is -4.86. The van der Waals surface area contributed by atoms with E-state index in [0.29, 0.717) is 44.9 Å². The number of carbonyl (C=O) groups excluding carboxylic acids is 2. The molecule has 2 heterocycles. The predicted molar refractivity (Wildman–Crippen MR) is 129 cm³/mol. The third-order valence-electron chi connectivity index (χ3n) is 6.57. The van der Waals surface area contributed by atoms with E-state index in [-0.39, 0.29) is 16.9 Å². The van der Waals surface area contributed by atoms with Gasteiger partial charge in [0.2, 0.25) is 0 Å². The summed E-state index contributed by atoms with van der Waals surface area (Å²) < 4.78 is 60.5.